The Morgan fingerprint density at radius 2 is 1.70 bits per heavy atom. The molecule has 0 radical (unpaired) electrons. The maximum atomic E-state index is 12.8. The summed E-state index contributed by atoms with van der Waals surface area (Å²) in [6.45, 7) is 1.35. The molecule has 0 spiro atoms. The lowest BCUT2D eigenvalue weighted by Gasteiger charge is -2.07. The Morgan fingerprint density at radius 3 is 2.37 bits per heavy atom. The van der Waals surface area contributed by atoms with E-state index in [1.807, 2.05) is 18.3 Å². The summed E-state index contributed by atoms with van der Waals surface area (Å²) >= 11 is 0. The number of hydrogen-bond donors (Lipinski definition) is 2. The van der Waals surface area contributed by atoms with Crippen molar-refractivity contribution in [3.63, 3.8) is 0 Å². The van der Waals surface area contributed by atoms with Gasteiger partial charge in [-0.3, -0.25) is 15.3 Å². The van der Waals surface area contributed by atoms with Gasteiger partial charge in [0, 0.05) is 12.7 Å². The Kier molecular flexibility index (Phi) is 11.4. The van der Waals surface area contributed by atoms with E-state index < -0.39 is 0 Å². The SMILES string of the molecule is N#CNC(=NCCCCCCCCCCOc1ccc(F)cc1)Nc1cccnc1. The molecule has 160 valence electrons. The first kappa shape index (κ1) is 23.1. The Labute approximate surface area is 178 Å². The molecule has 1 aromatic carbocycles. The maximum absolute atomic E-state index is 12.8. The number of ether oxygens (including phenoxy) is 1. The Hall–Kier alpha value is -3.14. The van der Waals surface area contributed by atoms with Crippen LogP contribution in [0.5, 0.6) is 5.75 Å². The van der Waals surface area contributed by atoms with Crippen molar-refractivity contribution in [2.75, 3.05) is 18.5 Å². The van der Waals surface area contributed by atoms with Crippen molar-refractivity contribution in [2.45, 2.75) is 51.4 Å². The van der Waals surface area contributed by atoms with Crippen LogP contribution in [-0.4, -0.2) is 24.1 Å². The zero-order valence-corrected chi connectivity index (χ0v) is 17.3. The van der Waals surface area contributed by atoms with E-state index in [4.69, 9.17) is 10.00 Å². The Balaban J connectivity index is 1.44. The van der Waals surface area contributed by atoms with E-state index in [1.165, 1.54) is 37.8 Å². The Bertz CT molecular complexity index is 774. The fourth-order valence-electron chi connectivity index (χ4n) is 2.92. The number of guanidine groups is 1. The lowest BCUT2D eigenvalue weighted by atomic mass is 10.1. The number of nitriles is 1. The van der Waals surface area contributed by atoms with Crippen LogP contribution in [0.4, 0.5) is 10.1 Å². The lowest BCUT2D eigenvalue weighted by molar-refractivity contribution is 0.304. The summed E-state index contributed by atoms with van der Waals surface area (Å²) in [5, 5.41) is 14.5. The minimum absolute atomic E-state index is 0.241. The molecular formula is C23H30FN5O. The van der Waals surface area contributed by atoms with Crippen molar-refractivity contribution in [2.24, 2.45) is 4.99 Å². The minimum Gasteiger partial charge on any atom is -0.494 e. The standard InChI is InChI=1S/C23H30FN5O/c24-20-11-13-22(14-12-20)30-17-8-6-4-2-1-3-5-7-16-27-23(28-19-25)29-21-10-9-15-26-18-21/h9-15,18H,1-8,16-17H2,(H2,27,28,29). The number of anilines is 1. The van der Waals surface area contributed by atoms with Crippen molar-refractivity contribution < 1.29 is 9.13 Å². The second kappa shape index (κ2) is 14.8. The van der Waals surface area contributed by atoms with Gasteiger partial charge in [-0.15, -0.1) is 0 Å². The molecule has 0 saturated carbocycles. The summed E-state index contributed by atoms with van der Waals surface area (Å²) in [7, 11) is 0. The van der Waals surface area contributed by atoms with E-state index in [-0.39, 0.29) is 5.82 Å². The highest BCUT2D eigenvalue weighted by Crippen LogP contribution is 2.13. The average Bonchev–Trinajstić information content (AvgIpc) is 2.76. The zero-order chi connectivity index (χ0) is 21.3. The fraction of sp³-hybridized carbons (Fsp3) is 0.435. The lowest BCUT2D eigenvalue weighted by Crippen LogP contribution is -2.27. The number of nitrogens with zero attached hydrogens (tertiary/aromatic N) is 3. The predicted octanol–water partition coefficient (Wildman–Crippen LogP) is 5.26. The highest BCUT2D eigenvalue weighted by molar-refractivity contribution is 5.94. The first-order chi connectivity index (χ1) is 14.8. The number of pyridine rings is 1. The topological polar surface area (TPSA) is 82.3 Å². The largest absolute Gasteiger partial charge is 0.494 e. The van der Waals surface area contributed by atoms with E-state index in [1.54, 1.807) is 24.5 Å². The third-order valence-electron chi connectivity index (χ3n) is 4.50. The number of rotatable bonds is 13. The van der Waals surface area contributed by atoms with Crippen LogP contribution in [0.25, 0.3) is 0 Å². The molecular weight excluding hydrogens is 381 g/mol. The first-order valence-electron chi connectivity index (χ1n) is 10.5. The van der Waals surface area contributed by atoms with E-state index in [2.05, 4.69) is 20.6 Å². The second-order valence-electron chi connectivity index (χ2n) is 6.96. The van der Waals surface area contributed by atoms with Gasteiger partial charge in [-0.2, -0.15) is 5.26 Å². The normalized spacial score (nSPS) is 11.0. The van der Waals surface area contributed by atoms with E-state index in [0.717, 1.165) is 37.1 Å². The summed E-state index contributed by atoms with van der Waals surface area (Å²) in [6, 6.07) is 9.85. The fourth-order valence-corrected chi connectivity index (χ4v) is 2.92. The molecule has 0 amide bonds. The monoisotopic (exact) mass is 411 g/mol. The van der Waals surface area contributed by atoms with Crippen LogP contribution in [0.3, 0.4) is 0 Å². The number of benzene rings is 1. The molecule has 2 rings (SSSR count). The zero-order valence-electron chi connectivity index (χ0n) is 17.3. The number of unbranched alkanes of at least 4 members (excludes halogenated alkanes) is 7. The smallest absolute Gasteiger partial charge is 0.209 e. The van der Waals surface area contributed by atoms with Gasteiger partial charge < -0.3 is 10.1 Å². The van der Waals surface area contributed by atoms with Crippen LogP contribution in [-0.2, 0) is 0 Å². The van der Waals surface area contributed by atoms with Gasteiger partial charge in [0.15, 0.2) is 6.19 Å². The molecule has 1 heterocycles. The summed E-state index contributed by atoms with van der Waals surface area (Å²) in [5.41, 5.74) is 0.794. The van der Waals surface area contributed by atoms with Gasteiger partial charge in [-0.1, -0.05) is 38.5 Å². The van der Waals surface area contributed by atoms with Gasteiger partial charge in [-0.25, -0.2) is 4.39 Å². The molecule has 0 aliphatic heterocycles. The van der Waals surface area contributed by atoms with Crippen LogP contribution in [0.15, 0.2) is 53.8 Å². The quantitative estimate of drug-likeness (QED) is 0.154. The van der Waals surface area contributed by atoms with Crippen molar-refractivity contribution in [1.82, 2.24) is 10.3 Å². The molecule has 0 atom stereocenters. The van der Waals surface area contributed by atoms with Gasteiger partial charge in [0.2, 0.25) is 5.96 Å². The molecule has 6 nitrogen and oxygen atoms in total. The predicted molar refractivity (Wildman–Crippen MR) is 118 cm³/mol. The molecule has 0 aliphatic rings. The number of halogens is 1. The van der Waals surface area contributed by atoms with Crippen LogP contribution in [0.1, 0.15) is 51.4 Å². The number of aromatic nitrogens is 1. The van der Waals surface area contributed by atoms with Gasteiger partial charge in [0.05, 0.1) is 18.5 Å². The first-order valence-corrected chi connectivity index (χ1v) is 10.5. The second-order valence-corrected chi connectivity index (χ2v) is 6.96. The highest BCUT2D eigenvalue weighted by Gasteiger charge is 1.99. The highest BCUT2D eigenvalue weighted by atomic mass is 19.1. The molecule has 0 saturated heterocycles. The molecule has 0 fully saturated rings. The molecule has 2 N–H and O–H groups in total. The maximum Gasteiger partial charge on any atom is 0.209 e. The van der Waals surface area contributed by atoms with Crippen molar-refractivity contribution in [3.8, 4) is 11.9 Å². The molecule has 0 bridgehead atoms. The average molecular weight is 412 g/mol. The molecule has 7 heteroatoms. The summed E-state index contributed by atoms with van der Waals surface area (Å²) in [5.74, 6) is 0.936. The number of hydrogen-bond acceptors (Lipinski definition) is 4. The molecule has 0 aliphatic carbocycles. The van der Waals surface area contributed by atoms with Crippen LogP contribution in [0, 0.1) is 17.3 Å². The van der Waals surface area contributed by atoms with Crippen LogP contribution >= 0.6 is 0 Å². The number of nitrogens with one attached hydrogen (secondary N) is 2. The van der Waals surface area contributed by atoms with Gasteiger partial charge in [0.25, 0.3) is 0 Å². The molecule has 2 aromatic rings. The van der Waals surface area contributed by atoms with E-state index >= 15 is 0 Å². The third kappa shape index (κ3) is 10.4. The van der Waals surface area contributed by atoms with Gasteiger partial charge in [-0.05, 0) is 49.2 Å². The van der Waals surface area contributed by atoms with Crippen molar-refractivity contribution >= 4 is 11.6 Å². The summed E-state index contributed by atoms with van der Waals surface area (Å²) in [6.07, 6.45) is 14.4. The number of aliphatic imine (C=N–C) groups is 1. The van der Waals surface area contributed by atoms with Gasteiger partial charge in [0.1, 0.15) is 11.6 Å². The van der Waals surface area contributed by atoms with Crippen LogP contribution < -0.4 is 15.4 Å². The molecule has 1 aromatic heterocycles. The summed E-state index contributed by atoms with van der Waals surface area (Å²) in [4.78, 5) is 8.44. The van der Waals surface area contributed by atoms with Crippen LogP contribution in [0.2, 0.25) is 0 Å². The van der Waals surface area contributed by atoms with Crippen molar-refractivity contribution in [1.29, 1.82) is 5.26 Å². The minimum atomic E-state index is -0.241. The Morgan fingerprint density at radius 1 is 1.00 bits per heavy atom. The van der Waals surface area contributed by atoms with Crippen molar-refractivity contribution in [3.05, 3.63) is 54.6 Å². The van der Waals surface area contributed by atoms with Gasteiger partial charge >= 0.3 is 0 Å². The molecule has 0 unspecified atom stereocenters. The molecule has 30 heavy (non-hydrogen) atoms. The van der Waals surface area contributed by atoms with E-state index in [0.29, 0.717) is 19.1 Å². The summed E-state index contributed by atoms with van der Waals surface area (Å²) < 4.78 is 18.4. The van der Waals surface area contributed by atoms with E-state index in [9.17, 15) is 4.39 Å². The third-order valence-corrected chi connectivity index (χ3v) is 4.50.